The highest BCUT2D eigenvalue weighted by Gasteiger charge is 2.10. The van der Waals surface area contributed by atoms with Crippen LogP contribution in [-0.2, 0) is 0 Å². The summed E-state index contributed by atoms with van der Waals surface area (Å²) in [5.41, 5.74) is 0.883. The third-order valence-electron chi connectivity index (χ3n) is 2.52. The number of benzene rings is 2. The Morgan fingerprint density at radius 1 is 1.06 bits per heavy atom. The minimum atomic E-state index is 0.112. The van der Waals surface area contributed by atoms with Gasteiger partial charge in [0.1, 0.15) is 5.68 Å². The first-order chi connectivity index (χ1) is 7.66. The molecule has 2 heteroatoms. The predicted molar refractivity (Wildman–Crippen MR) is 69.1 cm³/mol. The molecule has 1 nitrogen and oxygen atoms in total. The van der Waals surface area contributed by atoms with Crippen molar-refractivity contribution in [1.29, 1.82) is 0 Å². The lowest BCUT2D eigenvalue weighted by Gasteiger charge is -2.04. The van der Waals surface area contributed by atoms with E-state index in [2.05, 4.69) is 6.07 Å². The molecule has 0 atom stereocenters. The quantitative estimate of drug-likeness (QED) is 0.707. The van der Waals surface area contributed by atoms with Crippen LogP contribution in [0.3, 0.4) is 0 Å². The number of hydrogen-bond acceptors (Lipinski definition) is 1. The van der Waals surface area contributed by atoms with Gasteiger partial charge in [0, 0.05) is 5.56 Å². The molecule has 0 aromatic heterocycles. The Bertz CT molecular complexity index is 517. The summed E-state index contributed by atoms with van der Waals surface area (Å²) in [6.07, 6.45) is 0. The summed E-state index contributed by atoms with van der Waals surface area (Å²) in [6.45, 7) is 4.03. The fourth-order valence-electron chi connectivity index (χ4n) is 1.74. The van der Waals surface area contributed by atoms with Crippen molar-refractivity contribution in [2.75, 3.05) is 0 Å². The molecule has 2 aromatic rings. The number of rotatable bonds is 3. The van der Waals surface area contributed by atoms with E-state index in [1.165, 1.54) is 5.39 Å². The molecule has 0 amide bonds. The van der Waals surface area contributed by atoms with Crippen LogP contribution in [0.1, 0.15) is 24.2 Å². The van der Waals surface area contributed by atoms with Crippen LogP contribution in [0.5, 0.6) is 0 Å². The smallest absolute Gasteiger partial charge is 0.212 e. The summed E-state index contributed by atoms with van der Waals surface area (Å²) in [4.78, 5) is 11.8. The van der Waals surface area contributed by atoms with E-state index in [0.29, 0.717) is 5.82 Å². The first-order valence-electron chi connectivity index (χ1n) is 5.55. The molecule has 0 aliphatic heterocycles. The van der Waals surface area contributed by atoms with Crippen LogP contribution in [0.2, 0.25) is 5.82 Å². The molecule has 0 saturated carbocycles. The number of hydrogen-bond donors (Lipinski definition) is 0. The van der Waals surface area contributed by atoms with Crippen LogP contribution in [0.25, 0.3) is 10.8 Å². The molecule has 2 rings (SSSR count). The Hall–Kier alpha value is -1.57. The number of carbonyl (C=O) groups is 1. The van der Waals surface area contributed by atoms with Crippen molar-refractivity contribution in [2.45, 2.75) is 19.7 Å². The number of carbonyl (C=O) groups excluding carboxylic acids is 1. The van der Waals surface area contributed by atoms with Crippen LogP contribution in [0.4, 0.5) is 0 Å². The van der Waals surface area contributed by atoms with Crippen molar-refractivity contribution in [3.63, 3.8) is 0 Å². The maximum absolute atomic E-state index is 11.8. The third-order valence-corrected chi connectivity index (χ3v) is 2.52. The molecular weight excluding hydrogens is 195 g/mol. The second kappa shape index (κ2) is 4.52. The molecule has 16 heavy (non-hydrogen) atoms. The zero-order valence-corrected chi connectivity index (χ0v) is 9.60. The zero-order valence-electron chi connectivity index (χ0n) is 9.60. The molecule has 0 spiro atoms. The Labute approximate surface area is 96.7 Å². The topological polar surface area (TPSA) is 17.1 Å². The lowest BCUT2D eigenvalue weighted by Crippen LogP contribution is -2.12. The molecule has 0 heterocycles. The van der Waals surface area contributed by atoms with Gasteiger partial charge in [-0.2, -0.15) is 0 Å². The largest absolute Gasteiger partial charge is 0.307 e. The van der Waals surface area contributed by atoms with Gasteiger partial charge in [-0.1, -0.05) is 56.1 Å². The van der Waals surface area contributed by atoms with Crippen LogP contribution >= 0.6 is 0 Å². The van der Waals surface area contributed by atoms with E-state index < -0.39 is 0 Å². The SMILES string of the molecule is CC(C)[B]C(=O)c1ccc2ccccc2c1. The molecule has 0 aliphatic carbocycles. The lowest BCUT2D eigenvalue weighted by atomic mass is 9.61. The molecule has 0 saturated heterocycles. The van der Waals surface area contributed by atoms with Gasteiger partial charge in [0.15, 0.2) is 0 Å². The van der Waals surface area contributed by atoms with Gasteiger partial charge in [0.2, 0.25) is 7.28 Å². The lowest BCUT2D eigenvalue weighted by molar-refractivity contribution is 0.107. The first kappa shape index (κ1) is 10.9. The predicted octanol–water partition coefficient (Wildman–Crippen LogP) is 3.51. The third kappa shape index (κ3) is 2.33. The summed E-state index contributed by atoms with van der Waals surface area (Å²) >= 11 is 0. The van der Waals surface area contributed by atoms with Gasteiger partial charge in [-0.15, -0.1) is 0 Å². The molecule has 0 aliphatic rings. The molecule has 0 fully saturated rings. The van der Waals surface area contributed by atoms with Gasteiger partial charge in [0.05, 0.1) is 0 Å². The van der Waals surface area contributed by atoms with E-state index in [1.54, 1.807) is 7.28 Å². The van der Waals surface area contributed by atoms with E-state index in [4.69, 9.17) is 0 Å². The maximum atomic E-state index is 11.8. The first-order valence-corrected chi connectivity index (χ1v) is 5.55. The highest BCUT2D eigenvalue weighted by molar-refractivity contribution is 6.78. The van der Waals surface area contributed by atoms with E-state index in [-0.39, 0.29) is 5.68 Å². The van der Waals surface area contributed by atoms with Crippen molar-refractivity contribution in [2.24, 2.45) is 0 Å². The fraction of sp³-hybridized carbons (Fsp3) is 0.214. The zero-order chi connectivity index (χ0) is 11.5. The number of fused-ring (bicyclic) bond motifs is 1. The monoisotopic (exact) mass is 209 g/mol. The molecule has 2 aromatic carbocycles. The van der Waals surface area contributed by atoms with Gasteiger partial charge < -0.3 is 4.79 Å². The molecule has 0 unspecified atom stereocenters. The van der Waals surface area contributed by atoms with Crippen molar-refractivity contribution in [3.05, 3.63) is 48.0 Å². The summed E-state index contributed by atoms with van der Waals surface area (Å²) in [5, 5.41) is 2.29. The summed E-state index contributed by atoms with van der Waals surface area (Å²) < 4.78 is 0. The van der Waals surface area contributed by atoms with Crippen LogP contribution in [0.15, 0.2) is 42.5 Å². The minimum absolute atomic E-state index is 0.112. The highest BCUT2D eigenvalue weighted by Crippen LogP contribution is 2.16. The molecule has 0 bridgehead atoms. The van der Waals surface area contributed by atoms with E-state index in [0.717, 1.165) is 10.9 Å². The van der Waals surface area contributed by atoms with E-state index in [9.17, 15) is 4.79 Å². The Morgan fingerprint density at radius 2 is 1.75 bits per heavy atom. The van der Waals surface area contributed by atoms with Crippen LogP contribution in [0, 0.1) is 0 Å². The van der Waals surface area contributed by atoms with Gasteiger partial charge in [-0.25, -0.2) is 0 Å². The molecular formula is C14H14BO. The van der Waals surface area contributed by atoms with Gasteiger partial charge in [-0.3, -0.25) is 0 Å². The second-order valence-electron chi connectivity index (χ2n) is 4.34. The maximum Gasteiger partial charge on any atom is 0.212 e. The summed E-state index contributed by atoms with van der Waals surface area (Å²) in [5.74, 6) is 0.291. The van der Waals surface area contributed by atoms with Crippen molar-refractivity contribution in [3.8, 4) is 0 Å². The Morgan fingerprint density at radius 3 is 2.44 bits per heavy atom. The average molecular weight is 209 g/mol. The van der Waals surface area contributed by atoms with Crippen molar-refractivity contribution < 1.29 is 4.79 Å². The van der Waals surface area contributed by atoms with Gasteiger partial charge in [-0.05, 0) is 16.8 Å². The minimum Gasteiger partial charge on any atom is -0.307 e. The Balaban J connectivity index is 2.35. The molecule has 0 N–H and O–H groups in total. The van der Waals surface area contributed by atoms with Gasteiger partial charge >= 0.3 is 0 Å². The van der Waals surface area contributed by atoms with E-state index in [1.807, 2.05) is 50.2 Å². The van der Waals surface area contributed by atoms with E-state index >= 15 is 0 Å². The van der Waals surface area contributed by atoms with Crippen LogP contribution < -0.4 is 0 Å². The van der Waals surface area contributed by atoms with Gasteiger partial charge in [0.25, 0.3) is 0 Å². The normalized spacial score (nSPS) is 10.7. The second-order valence-corrected chi connectivity index (χ2v) is 4.34. The Kier molecular flexibility index (Phi) is 3.09. The highest BCUT2D eigenvalue weighted by atomic mass is 16.1. The van der Waals surface area contributed by atoms with Crippen molar-refractivity contribution >= 4 is 23.7 Å². The van der Waals surface area contributed by atoms with Crippen molar-refractivity contribution in [1.82, 2.24) is 0 Å². The summed E-state index contributed by atoms with van der Waals surface area (Å²) in [7, 11) is 1.75. The molecule has 79 valence electrons. The average Bonchev–Trinajstić information content (AvgIpc) is 2.27. The molecule has 1 radical (unpaired) electrons. The fourth-order valence-corrected chi connectivity index (χ4v) is 1.74. The van der Waals surface area contributed by atoms with Crippen LogP contribution in [-0.4, -0.2) is 13.0 Å². The standard InChI is InChI=1S/C14H14BO/c1-10(2)15-14(16)13-8-7-11-5-3-4-6-12(11)9-13/h3-10H,1-2H3. The summed E-state index contributed by atoms with van der Waals surface area (Å²) in [6, 6.07) is 13.9.